The van der Waals surface area contributed by atoms with E-state index in [-0.39, 0.29) is 11.6 Å². The molecule has 1 amide bonds. The molecule has 0 fully saturated rings. The number of carbonyl (C=O) groups is 2. The fourth-order valence-corrected chi connectivity index (χ4v) is 2.26. The standard InChI is InChI=1S/C13H11BrClN3O3/c14-10-2-1-8(15)5-9(10)12(19)16-3-4-18-6-11(13(20)21)17-7-18/h1-2,5-7H,3-4H2,(H,16,19)(H,20,21). The predicted molar refractivity (Wildman–Crippen MR) is 80.7 cm³/mol. The molecule has 0 unspecified atom stereocenters. The summed E-state index contributed by atoms with van der Waals surface area (Å²) in [6.45, 7) is 0.761. The first kappa shape index (κ1) is 15.5. The van der Waals surface area contributed by atoms with Gasteiger partial charge >= 0.3 is 5.97 Å². The van der Waals surface area contributed by atoms with E-state index in [1.165, 1.54) is 12.5 Å². The number of nitrogens with one attached hydrogen (secondary N) is 1. The summed E-state index contributed by atoms with van der Waals surface area (Å²) in [7, 11) is 0. The molecular weight excluding hydrogens is 362 g/mol. The Labute approximate surface area is 133 Å². The number of halogens is 2. The number of rotatable bonds is 5. The minimum Gasteiger partial charge on any atom is -0.476 e. The number of nitrogens with zero attached hydrogens (tertiary/aromatic N) is 2. The quantitative estimate of drug-likeness (QED) is 0.844. The zero-order valence-electron chi connectivity index (χ0n) is 10.7. The van der Waals surface area contributed by atoms with E-state index >= 15 is 0 Å². The number of hydrogen-bond donors (Lipinski definition) is 2. The molecule has 1 aromatic carbocycles. The molecule has 0 saturated heterocycles. The van der Waals surface area contributed by atoms with Crippen LogP contribution in [0.25, 0.3) is 0 Å². The van der Waals surface area contributed by atoms with Crippen LogP contribution in [-0.2, 0) is 6.54 Å². The van der Waals surface area contributed by atoms with Crippen LogP contribution < -0.4 is 5.32 Å². The Kier molecular flexibility index (Phi) is 4.98. The summed E-state index contributed by atoms with van der Waals surface area (Å²) in [5.41, 5.74) is 0.415. The Balaban J connectivity index is 1.92. The third kappa shape index (κ3) is 4.05. The average molecular weight is 373 g/mol. The van der Waals surface area contributed by atoms with Gasteiger partial charge in [0.2, 0.25) is 0 Å². The van der Waals surface area contributed by atoms with E-state index in [9.17, 15) is 9.59 Å². The van der Waals surface area contributed by atoms with Gasteiger partial charge in [-0.1, -0.05) is 11.6 Å². The maximum absolute atomic E-state index is 12.0. The maximum Gasteiger partial charge on any atom is 0.356 e. The van der Waals surface area contributed by atoms with Crippen LogP contribution in [0.4, 0.5) is 0 Å². The molecule has 0 aliphatic carbocycles. The van der Waals surface area contributed by atoms with E-state index in [1.54, 1.807) is 22.8 Å². The molecule has 0 radical (unpaired) electrons. The van der Waals surface area contributed by atoms with E-state index in [2.05, 4.69) is 26.2 Å². The Morgan fingerprint density at radius 1 is 1.43 bits per heavy atom. The Morgan fingerprint density at radius 3 is 2.86 bits per heavy atom. The van der Waals surface area contributed by atoms with Crippen LogP contribution in [-0.4, -0.2) is 33.1 Å². The second-order valence-corrected chi connectivity index (χ2v) is 5.47. The van der Waals surface area contributed by atoms with E-state index < -0.39 is 5.97 Å². The molecule has 6 nitrogen and oxygen atoms in total. The lowest BCUT2D eigenvalue weighted by molar-refractivity contribution is 0.0690. The fraction of sp³-hybridized carbons (Fsp3) is 0.154. The number of benzene rings is 1. The highest BCUT2D eigenvalue weighted by atomic mass is 79.9. The lowest BCUT2D eigenvalue weighted by atomic mass is 10.2. The highest BCUT2D eigenvalue weighted by molar-refractivity contribution is 9.10. The molecule has 0 bridgehead atoms. The van der Waals surface area contributed by atoms with Crippen LogP contribution in [0.2, 0.25) is 5.02 Å². The van der Waals surface area contributed by atoms with Crippen LogP contribution >= 0.6 is 27.5 Å². The van der Waals surface area contributed by atoms with Gasteiger partial charge in [0.15, 0.2) is 5.69 Å². The number of carboxylic acids is 1. The highest BCUT2D eigenvalue weighted by Gasteiger charge is 2.10. The van der Waals surface area contributed by atoms with Gasteiger partial charge in [0.25, 0.3) is 5.91 Å². The second kappa shape index (κ2) is 6.73. The van der Waals surface area contributed by atoms with Gasteiger partial charge in [0.05, 0.1) is 11.9 Å². The van der Waals surface area contributed by atoms with Crippen molar-refractivity contribution in [2.24, 2.45) is 0 Å². The van der Waals surface area contributed by atoms with Gasteiger partial charge in [-0.3, -0.25) is 4.79 Å². The van der Waals surface area contributed by atoms with Gasteiger partial charge in [-0.15, -0.1) is 0 Å². The maximum atomic E-state index is 12.0. The van der Waals surface area contributed by atoms with Crippen molar-refractivity contribution in [2.75, 3.05) is 6.54 Å². The number of imidazole rings is 1. The minimum atomic E-state index is -1.08. The first-order chi connectivity index (χ1) is 9.97. The number of hydrogen-bond acceptors (Lipinski definition) is 3. The predicted octanol–water partition coefficient (Wildman–Crippen LogP) is 2.43. The van der Waals surface area contributed by atoms with Crippen molar-refractivity contribution in [3.63, 3.8) is 0 Å². The van der Waals surface area contributed by atoms with Gasteiger partial charge in [-0.2, -0.15) is 0 Å². The molecule has 1 heterocycles. The van der Waals surface area contributed by atoms with Crippen molar-refractivity contribution in [3.05, 3.63) is 51.5 Å². The molecule has 21 heavy (non-hydrogen) atoms. The molecule has 8 heteroatoms. The smallest absolute Gasteiger partial charge is 0.356 e. The van der Waals surface area contributed by atoms with Crippen LogP contribution in [0.3, 0.4) is 0 Å². The van der Waals surface area contributed by atoms with Gasteiger partial charge in [0, 0.05) is 28.8 Å². The van der Waals surface area contributed by atoms with E-state index in [0.717, 1.165) is 0 Å². The van der Waals surface area contributed by atoms with Crippen molar-refractivity contribution in [1.29, 1.82) is 0 Å². The summed E-state index contributed by atoms with van der Waals surface area (Å²) in [6.07, 6.45) is 2.81. The summed E-state index contributed by atoms with van der Waals surface area (Å²) in [5.74, 6) is -1.34. The number of carboxylic acid groups (broad SMARTS) is 1. The zero-order chi connectivity index (χ0) is 15.4. The number of aromatic nitrogens is 2. The summed E-state index contributed by atoms with van der Waals surface area (Å²) < 4.78 is 2.25. The molecule has 0 saturated carbocycles. The highest BCUT2D eigenvalue weighted by Crippen LogP contribution is 2.20. The summed E-state index contributed by atoms with van der Waals surface area (Å²) in [6, 6.07) is 4.95. The zero-order valence-corrected chi connectivity index (χ0v) is 13.1. The summed E-state index contributed by atoms with van der Waals surface area (Å²) in [5, 5.41) is 12.0. The molecule has 0 spiro atoms. The van der Waals surface area contributed by atoms with Gasteiger partial charge < -0.3 is 15.0 Å². The van der Waals surface area contributed by atoms with E-state index in [0.29, 0.717) is 28.1 Å². The van der Waals surface area contributed by atoms with Crippen molar-refractivity contribution in [3.8, 4) is 0 Å². The number of carbonyl (C=O) groups excluding carboxylic acids is 1. The van der Waals surface area contributed by atoms with Gasteiger partial charge in [-0.05, 0) is 34.1 Å². The number of aromatic carboxylic acids is 1. The first-order valence-electron chi connectivity index (χ1n) is 5.95. The molecule has 2 N–H and O–H groups in total. The topological polar surface area (TPSA) is 84.2 Å². The Hall–Kier alpha value is -1.86. The largest absolute Gasteiger partial charge is 0.476 e. The third-order valence-electron chi connectivity index (χ3n) is 2.68. The van der Waals surface area contributed by atoms with Gasteiger partial charge in [0.1, 0.15) is 0 Å². The van der Waals surface area contributed by atoms with Crippen molar-refractivity contribution in [2.45, 2.75) is 6.54 Å². The fourth-order valence-electron chi connectivity index (χ4n) is 1.66. The molecule has 0 aliphatic heterocycles. The van der Waals surface area contributed by atoms with Crippen molar-refractivity contribution < 1.29 is 14.7 Å². The number of amides is 1. The van der Waals surface area contributed by atoms with Crippen LogP contribution in [0.15, 0.2) is 35.2 Å². The molecule has 2 aromatic rings. The Bertz CT molecular complexity index is 687. The van der Waals surface area contributed by atoms with Crippen LogP contribution in [0, 0.1) is 0 Å². The molecule has 0 atom stereocenters. The van der Waals surface area contributed by atoms with Crippen LogP contribution in [0.5, 0.6) is 0 Å². The average Bonchev–Trinajstić information content (AvgIpc) is 2.90. The molecule has 2 rings (SSSR count). The van der Waals surface area contributed by atoms with E-state index in [1.807, 2.05) is 0 Å². The third-order valence-corrected chi connectivity index (χ3v) is 3.61. The second-order valence-electron chi connectivity index (χ2n) is 4.18. The van der Waals surface area contributed by atoms with Crippen LogP contribution in [0.1, 0.15) is 20.8 Å². The normalized spacial score (nSPS) is 10.4. The molecule has 0 aliphatic rings. The first-order valence-corrected chi connectivity index (χ1v) is 7.13. The minimum absolute atomic E-state index is 0.0288. The molecule has 110 valence electrons. The Morgan fingerprint density at radius 2 is 2.19 bits per heavy atom. The van der Waals surface area contributed by atoms with E-state index in [4.69, 9.17) is 16.7 Å². The summed E-state index contributed by atoms with van der Waals surface area (Å²) >= 11 is 9.14. The lowest BCUT2D eigenvalue weighted by Crippen LogP contribution is -2.27. The molecule has 1 aromatic heterocycles. The summed E-state index contributed by atoms with van der Waals surface area (Å²) in [4.78, 5) is 26.4. The van der Waals surface area contributed by atoms with Crippen molar-refractivity contribution >= 4 is 39.4 Å². The van der Waals surface area contributed by atoms with Gasteiger partial charge in [-0.25, -0.2) is 9.78 Å². The monoisotopic (exact) mass is 371 g/mol. The van der Waals surface area contributed by atoms with Crippen molar-refractivity contribution in [1.82, 2.24) is 14.9 Å². The SMILES string of the molecule is O=C(O)c1cn(CCNC(=O)c2cc(Cl)ccc2Br)cn1. The lowest BCUT2D eigenvalue weighted by Gasteiger charge is -2.07. The molecular formula is C13H11BrClN3O3.